The standard InChI is InChI=1S/C31H38N2O3SSi/c1-24(25-15-9-7-10-16-25)32-23-30-28(21-22-36-38(5,6)31(2,3)4)27-19-13-14-20-29(27)33(30)37(34,35)26-17-11-8-12-18-26/h7-20,23-24H,21-22H2,1-6H3/t24-/m0/s1. The van der Waals surface area contributed by atoms with E-state index in [0.29, 0.717) is 24.2 Å². The van der Waals surface area contributed by atoms with Gasteiger partial charge in [-0.25, -0.2) is 12.4 Å². The molecule has 0 bridgehead atoms. The topological polar surface area (TPSA) is 60.7 Å². The number of benzene rings is 3. The van der Waals surface area contributed by atoms with Gasteiger partial charge in [0.25, 0.3) is 10.0 Å². The van der Waals surface area contributed by atoms with Crippen LogP contribution in [0.1, 0.15) is 50.6 Å². The van der Waals surface area contributed by atoms with Crippen LogP contribution in [0.15, 0.2) is 94.8 Å². The first-order chi connectivity index (χ1) is 17.9. The molecule has 0 amide bonds. The lowest BCUT2D eigenvalue weighted by atomic mass is 10.1. The molecule has 3 aromatic carbocycles. The Morgan fingerprint density at radius 3 is 2.13 bits per heavy atom. The van der Waals surface area contributed by atoms with Gasteiger partial charge in [-0.15, -0.1) is 0 Å². The number of nitrogens with zero attached hydrogens (tertiary/aromatic N) is 2. The van der Waals surface area contributed by atoms with Gasteiger partial charge in [0.05, 0.1) is 22.1 Å². The maximum absolute atomic E-state index is 14.0. The summed E-state index contributed by atoms with van der Waals surface area (Å²) < 4.78 is 36.0. The summed E-state index contributed by atoms with van der Waals surface area (Å²) in [6.07, 6.45) is 2.32. The Kier molecular flexibility index (Phi) is 8.11. The van der Waals surface area contributed by atoms with Gasteiger partial charge in [0.15, 0.2) is 8.32 Å². The van der Waals surface area contributed by atoms with E-state index in [1.165, 1.54) is 3.97 Å². The molecule has 0 aliphatic carbocycles. The summed E-state index contributed by atoms with van der Waals surface area (Å²) in [5, 5.41) is 0.993. The molecule has 38 heavy (non-hydrogen) atoms. The van der Waals surface area contributed by atoms with Crippen molar-refractivity contribution in [3.8, 4) is 0 Å². The average Bonchev–Trinajstić information content (AvgIpc) is 3.21. The third kappa shape index (κ3) is 5.70. The summed E-state index contributed by atoms with van der Waals surface area (Å²) >= 11 is 0. The van der Waals surface area contributed by atoms with Crippen molar-refractivity contribution in [3.05, 3.63) is 102 Å². The van der Waals surface area contributed by atoms with Crippen molar-refractivity contribution in [2.45, 2.75) is 63.2 Å². The first kappa shape index (κ1) is 28.0. The lowest BCUT2D eigenvalue weighted by molar-refractivity contribution is 0.292. The zero-order chi connectivity index (χ0) is 27.6. The summed E-state index contributed by atoms with van der Waals surface area (Å²) in [6, 6.07) is 26.2. The van der Waals surface area contributed by atoms with Gasteiger partial charge in [-0.2, -0.15) is 0 Å². The zero-order valence-corrected chi connectivity index (χ0v) is 25.0. The van der Waals surface area contributed by atoms with Gasteiger partial charge in [-0.05, 0) is 60.8 Å². The molecule has 5 nitrogen and oxygen atoms in total. The number of aliphatic imine (C=N–C) groups is 1. The molecule has 0 radical (unpaired) electrons. The smallest absolute Gasteiger partial charge is 0.268 e. The molecule has 7 heteroatoms. The molecule has 0 unspecified atom stereocenters. The van der Waals surface area contributed by atoms with Gasteiger partial charge in [0.2, 0.25) is 0 Å². The third-order valence-electron chi connectivity index (χ3n) is 7.58. The molecule has 0 N–H and O–H groups in total. The van der Waals surface area contributed by atoms with Crippen molar-refractivity contribution < 1.29 is 12.8 Å². The van der Waals surface area contributed by atoms with Gasteiger partial charge in [0, 0.05) is 18.2 Å². The van der Waals surface area contributed by atoms with Gasteiger partial charge < -0.3 is 4.43 Å². The fourth-order valence-electron chi connectivity index (χ4n) is 4.27. The van der Waals surface area contributed by atoms with E-state index >= 15 is 0 Å². The van der Waals surface area contributed by atoms with Crippen molar-refractivity contribution in [2.75, 3.05) is 6.61 Å². The minimum atomic E-state index is -3.87. The summed E-state index contributed by atoms with van der Waals surface area (Å²) in [4.78, 5) is 5.09. The summed E-state index contributed by atoms with van der Waals surface area (Å²) in [6.45, 7) is 13.7. The fraction of sp³-hybridized carbons (Fsp3) is 0.323. The fourth-order valence-corrected chi connectivity index (χ4v) is 6.86. The van der Waals surface area contributed by atoms with E-state index in [1.807, 2.05) is 67.6 Å². The number of hydrogen-bond donors (Lipinski definition) is 0. The highest BCUT2D eigenvalue weighted by molar-refractivity contribution is 7.90. The molecular weight excluding hydrogens is 509 g/mol. The quantitative estimate of drug-likeness (QED) is 0.160. The van der Waals surface area contributed by atoms with E-state index in [4.69, 9.17) is 9.42 Å². The Hall–Kier alpha value is -3.00. The van der Waals surface area contributed by atoms with Crippen LogP contribution in [0.3, 0.4) is 0 Å². The predicted octanol–water partition coefficient (Wildman–Crippen LogP) is 7.62. The van der Waals surface area contributed by atoms with Crippen LogP contribution in [0.2, 0.25) is 18.1 Å². The van der Waals surface area contributed by atoms with Crippen LogP contribution in [-0.2, 0) is 20.9 Å². The Morgan fingerprint density at radius 1 is 0.921 bits per heavy atom. The van der Waals surface area contributed by atoms with Crippen molar-refractivity contribution in [1.82, 2.24) is 3.97 Å². The van der Waals surface area contributed by atoms with E-state index in [0.717, 1.165) is 16.5 Å². The molecule has 4 aromatic rings. The van der Waals surface area contributed by atoms with Crippen LogP contribution in [0.5, 0.6) is 0 Å². The number of aromatic nitrogens is 1. The van der Waals surface area contributed by atoms with Crippen molar-refractivity contribution in [1.29, 1.82) is 0 Å². The SMILES string of the molecule is C[C@H](N=Cc1c(CCO[Si](C)(C)C(C)(C)C)c2ccccc2n1S(=O)(=O)c1ccccc1)c1ccccc1. The van der Waals surface area contributed by atoms with Gasteiger partial charge in [-0.3, -0.25) is 4.99 Å². The Morgan fingerprint density at radius 2 is 1.50 bits per heavy atom. The average molecular weight is 547 g/mol. The molecule has 1 heterocycles. The van der Waals surface area contributed by atoms with E-state index < -0.39 is 18.3 Å². The number of fused-ring (bicyclic) bond motifs is 1. The molecule has 0 aliphatic rings. The monoisotopic (exact) mass is 546 g/mol. The highest BCUT2D eigenvalue weighted by Crippen LogP contribution is 2.37. The van der Waals surface area contributed by atoms with E-state index in [1.54, 1.807) is 30.5 Å². The molecule has 1 aromatic heterocycles. The van der Waals surface area contributed by atoms with Crippen LogP contribution < -0.4 is 0 Å². The molecule has 0 saturated heterocycles. The summed E-state index contributed by atoms with van der Waals surface area (Å²) in [7, 11) is -5.84. The summed E-state index contributed by atoms with van der Waals surface area (Å²) in [5.74, 6) is 0. The van der Waals surface area contributed by atoms with Gasteiger partial charge in [0.1, 0.15) is 0 Å². The van der Waals surface area contributed by atoms with Crippen LogP contribution in [-0.4, -0.2) is 33.5 Å². The molecule has 0 spiro atoms. The first-order valence-corrected chi connectivity index (χ1v) is 17.4. The van der Waals surface area contributed by atoms with E-state index in [9.17, 15) is 8.42 Å². The maximum Gasteiger partial charge on any atom is 0.268 e. The Bertz CT molecular complexity index is 1520. The normalized spacial score (nSPS) is 13.8. The highest BCUT2D eigenvalue weighted by Gasteiger charge is 2.37. The lowest BCUT2D eigenvalue weighted by Crippen LogP contribution is -2.41. The maximum atomic E-state index is 14.0. The number of para-hydroxylation sites is 1. The van der Waals surface area contributed by atoms with Crippen molar-refractivity contribution in [3.63, 3.8) is 0 Å². The van der Waals surface area contributed by atoms with Crippen LogP contribution in [0.4, 0.5) is 0 Å². The van der Waals surface area contributed by atoms with Crippen molar-refractivity contribution >= 4 is 35.5 Å². The molecular formula is C31H38N2O3SSi. The molecule has 1 atom stereocenters. The molecule has 4 rings (SSSR count). The molecule has 0 fully saturated rings. The second-order valence-electron chi connectivity index (χ2n) is 11.2. The first-order valence-electron chi connectivity index (χ1n) is 13.1. The van der Waals surface area contributed by atoms with Crippen LogP contribution in [0, 0.1) is 0 Å². The Balaban J connectivity index is 1.85. The molecule has 200 valence electrons. The third-order valence-corrected chi connectivity index (χ3v) is 13.9. The van der Waals surface area contributed by atoms with E-state index in [2.05, 4.69) is 33.9 Å². The largest absolute Gasteiger partial charge is 0.416 e. The molecule has 0 aliphatic heterocycles. The minimum absolute atomic E-state index is 0.0903. The van der Waals surface area contributed by atoms with Gasteiger partial charge >= 0.3 is 0 Å². The number of hydrogen-bond acceptors (Lipinski definition) is 4. The lowest BCUT2D eigenvalue weighted by Gasteiger charge is -2.36. The Labute approximate surface area is 228 Å². The molecule has 0 saturated carbocycles. The van der Waals surface area contributed by atoms with Crippen LogP contribution in [0.25, 0.3) is 10.9 Å². The summed E-state index contributed by atoms with van der Waals surface area (Å²) in [5.41, 5.74) is 3.23. The number of rotatable bonds is 9. The van der Waals surface area contributed by atoms with Crippen molar-refractivity contribution in [2.24, 2.45) is 4.99 Å². The minimum Gasteiger partial charge on any atom is -0.416 e. The second-order valence-corrected chi connectivity index (χ2v) is 17.8. The highest BCUT2D eigenvalue weighted by atomic mass is 32.2. The van der Waals surface area contributed by atoms with Gasteiger partial charge in [-0.1, -0.05) is 87.5 Å². The second kappa shape index (κ2) is 11.0. The van der Waals surface area contributed by atoms with Crippen LogP contribution >= 0.6 is 0 Å². The zero-order valence-electron chi connectivity index (χ0n) is 23.2. The predicted molar refractivity (Wildman–Crippen MR) is 160 cm³/mol. The van der Waals surface area contributed by atoms with E-state index in [-0.39, 0.29) is 16.0 Å².